The van der Waals surface area contributed by atoms with Gasteiger partial charge in [-0.15, -0.1) is 9.24 Å². The molecule has 0 bridgehead atoms. The summed E-state index contributed by atoms with van der Waals surface area (Å²) < 4.78 is 28.7. The second-order valence-electron chi connectivity index (χ2n) is 5.59. The fourth-order valence-corrected chi connectivity index (χ4v) is 5.88. The van der Waals surface area contributed by atoms with Crippen LogP contribution in [-0.4, -0.2) is 54.2 Å². The van der Waals surface area contributed by atoms with Gasteiger partial charge in [0.1, 0.15) is 0 Å². The Balaban J connectivity index is 3.42. The van der Waals surface area contributed by atoms with Crippen LogP contribution in [0.25, 0.3) is 0 Å². The SMILES string of the molecule is CCC(c1cc(S(=O)(=O)N(CP)PC)nn1C(C)C)N(C)C. The topological polar surface area (TPSA) is 58.4 Å². The van der Waals surface area contributed by atoms with Gasteiger partial charge in [0.25, 0.3) is 10.0 Å². The third-order valence-electron chi connectivity index (χ3n) is 3.55. The van der Waals surface area contributed by atoms with Crippen molar-refractivity contribution in [2.24, 2.45) is 0 Å². The monoisotopic (exact) mass is 366 g/mol. The zero-order valence-electron chi connectivity index (χ0n) is 14.2. The molecule has 3 unspecified atom stereocenters. The van der Waals surface area contributed by atoms with Crippen molar-refractivity contribution in [2.75, 3.05) is 27.0 Å². The lowest BCUT2D eigenvalue weighted by atomic mass is 10.1. The largest absolute Gasteiger partial charge is 0.301 e. The molecule has 1 aromatic rings. The van der Waals surface area contributed by atoms with Crippen LogP contribution >= 0.6 is 18.0 Å². The third kappa shape index (κ3) is 4.07. The van der Waals surface area contributed by atoms with E-state index < -0.39 is 10.0 Å². The van der Waals surface area contributed by atoms with Gasteiger partial charge < -0.3 is 4.90 Å². The molecule has 0 spiro atoms. The molecule has 0 aromatic carbocycles. The lowest BCUT2D eigenvalue weighted by Crippen LogP contribution is -2.23. The van der Waals surface area contributed by atoms with Gasteiger partial charge in [-0.25, -0.2) is 8.42 Å². The minimum atomic E-state index is -3.53. The average molecular weight is 366 g/mol. The predicted octanol–water partition coefficient (Wildman–Crippen LogP) is 2.52. The van der Waals surface area contributed by atoms with Crippen molar-refractivity contribution in [1.29, 1.82) is 0 Å². The van der Waals surface area contributed by atoms with Gasteiger partial charge in [-0.05, 0) is 49.8 Å². The van der Waals surface area contributed by atoms with E-state index >= 15 is 0 Å². The van der Waals surface area contributed by atoms with E-state index in [1.165, 1.54) is 4.08 Å². The van der Waals surface area contributed by atoms with Crippen molar-refractivity contribution in [3.63, 3.8) is 0 Å². The molecule has 0 radical (unpaired) electrons. The van der Waals surface area contributed by atoms with Crippen molar-refractivity contribution >= 4 is 28.0 Å². The quantitative estimate of drug-likeness (QED) is 0.664. The third-order valence-corrected chi connectivity index (χ3v) is 7.95. The van der Waals surface area contributed by atoms with Gasteiger partial charge in [0.15, 0.2) is 5.03 Å². The highest BCUT2D eigenvalue weighted by Crippen LogP contribution is 2.30. The summed E-state index contributed by atoms with van der Waals surface area (Å²) in [5, 5.41) is 4.55. The Morgan fingerprint density at radius 3 is 2.36 bits per heavy atom. The number of sulfonamides is 1. The highest BCUT2D eigenvalue weighted by atomic mass is 32.2. The molecule has 0 aliphatic rings. The summed E-state index contributed by atoms with van der Waals surface area (Å²) in [5.74, 6) is 0. The van der Waals surface area contributed by atoms with Gasteiger partial charge in [-0.1, -0.05) is 6.92 Å². The molecule has 1 heterocycles. The van der Waals surface area contributed by atoms with E-state index in [1.54, 1.807) is 6.07 Å². The number of rotatable bonds is 8. The number of hydrogen-bond donors (Lipinski definition) is 0. The molecule has 0 aliphatic heterocycles. The van der Waals surface area contributed by atoms with Crippen LogP contribution in [0.1, 0.15) is 45.0 Å². The van der Waals surface area contributed by atoms with E-state index in [2.05, 4.69) is 26.2 Å². The number of nitrogens with zero attached hydrogens (tertiary/aromatic N) is 4. The smallest absolute Gasteiger partial charge is 0.265 e. The van der Waals surface area contributed by atoms with Crippen molar-refractivity contribution in [1.82, 2.24) is 18.8 Å². The van der Waals surface area contributed by atoms with E-state index in [9.17, 15) is 8.42 Å². The Kier molecular flexibility index (Phi) is 7.41. The number of hydrogen-bond acceptors (Lipinski definition) is 4. The summed E-state index contributed by atoms with van der Waals surface area (Å²) in [6, 6.07) is 1.99. The van der Waals surface area contributed by atoms with Crippen molar-refractivity contribution < 1.29 is 8.42 Å². The molecule has 0 aliphatic carbocycles. The van der Waals surface area contributed by atoms with Crippen molar-refractivity contribution in [3.05, 3.63) is 11.8 Å². The molecule has 3 atom stereocenters. The van der Waals surface area contributed by atoms with Crippen LogP contribution in [0.2, 0.25) is 0 Å². The first-order valence-electron chi connectivity index (χ1n) is 7.36. The first-order chi connectivity index (χ1) is 10.2. The Bertz CT molecular complexity index is 583. The zero-order chi connectivity index (χ0) is 17.1. The summed E-state index contributed by atoms with van der Waals surface area (Å²) in [7, 11) is 3.12. The fraction of sp³-hybridized carbons (Fsp3) is 0.769. The van der Waals surface area contributed by atoms with E-state index in [4.69, 9.17) is 0 Å². The number of aromatic nitrogens is 2. The van der Waals surface area contributed by atoms with Gasteiger partial charge in [-0.2, -0.15) is 9.17 Å². The Morgan fingerprint density at radius 1 is 1.41 bits per heavy atom. The van der Waals surface area contributed by atoms with Gasteiger partial charge in [0, 0.05) is 18.4 Å². The van der Waals surface area contributed by atoms with Crippen molar-refractivity contribution in [3.8, 4) is 0 Å². The minimum absolute atomic E-state index is 0.112. The van der Waals surface area contributed by atoms with Crippen LogP contribution in [0.15, 0.2) is 11.1 Å². The molecule has 6 nitrogen and oxygen atoms in total. The second-order valence-corrected chi connectivity index (χ2v) is 9.08. The molecule has 0 fully saturated rings. The molecule has 0 saturated heterocycles. The molecule has 0 saturated carbocycles. The highest BCUT2D eigenvalue weighted by Gasteiger charge is 2.29. The maximum Gasteiger partial charge on any atom is 0.265 e. The lowest BCUT2D eigenvalue weighted by Gasteiger charge is -2.24. The maximum absolute atomic E-state index is 12.7. The van der Waals surface area contributed by atoms with Crippen molar-refractivity contribution in [2.45, 2.75) is 44.3 Å². The Morgan fingerprint density at radius 2 is 2.00 bits per heavy atom. The molecular weight excluding hydrogens is 338 g/mol. The first kappa shape index (κ1) is 20.0. The molecule has 22 heavy (non-hydrogen) atoms. The van der Waals surface area contributed by atoms with Crippen LogP contribution in [-0.2, 0) is 10.0 Å². The van der Waals surface area contributed by atoms with Gasteiger partial charge in [0.05, 0.1) is 11.7 Å². The summed E-state index contributed by atoms with van der Waals surface area (Å²) >= 11 is 0. The summed E-state index contributed by atoms with van der Waals surface area (Å²) in [6.07, 6.45) is 1.28. The zero-order valence-corrected chi connectivity index (χ0v) is 17.2. The molecule has 0 amide bonds. The predicted molar refractivity (Wildman–Crippen MR) is 97.2 cm³/mol. The van der Waals surface area contributed by atoms with Gasteiger partial charge in [-0.3, -0.25) is 4.68 Å². The van der Waals surface area contributed by atoms with Gasteiger partial charge in [0.2, 0.25) is 0 Å². The normalized spacial score (nSPS) is 14.8. The molecular formula is C13H28N4O2P2S. The first-order valence-corrected chi connectivity index (χ1v) is 11.1. The van der Waals surface area contributed by atoms with Crippen LogP contribution in [0.4, 0.5) is 0 Å². The van der Waals surface area contributed by atoms with E-state index in [0.717, 1.165) is 12.1 Å². The van der Waals surface area contributed by atoms with E-state index in [0.29, 0.717) is 6.29 Å². The summed E-state index contributed by atoms with van der Waals surface area (Å²) in [5.41, 5.74) is 0.948. The molecule has 0 N–H and O–H groups in total. The molecule has 128 valence electrons. The molecule has 1 aromatic heterocycles. The standard InChI is InChI=1S/C13H28N4O2P2S/c1-7-11(15(4)5)12-8-13(14-17(12)10(2)3)22(18,19)16(9-20)21-6/h8,10-11,21H,7,9,20H2,1-6H3. The second kappa shape index (κ2) is 8.16. The van der Waals surface area contributed by atoms with Crippen LogP contribution in [0.3, 0.4) is 0 Å². The van der Waals surface area contributed by atoms with E-state index in [1.807, 2.05) is 39.3 Å². The fourth-order valence-electron chi connectivity index (χ4n) is 2.44. The van der Waals surface area contributed by atoms with Crippen LogP contribution < -0.4 is 0 Å². The Hall–Kier alpha value is -0.0600. The highest BCUT2D eigenvalue weighted by molar-refractivity contribution is 7.92. The maximum atomic E-state index is 12.7. The van der Waals surface area contributed by atoms with Crippen LogP contribution in [0, 0.1) is 0 Å². The Labute approximate surface area is 138 Å². The summed E-state index contributed by atoms with van der Waals surface area (Å²) in [6.45, 7) is 7.99. The molecule has 1 rings (SSSR count). The van der Waals surface area contributed by atoms with E-state index in [-0.39, 0.29) is 25.8 Å². The minimum Gasteiger partial charge on any atom is -0.301 e. The lowest BCUT2D eigenvalue weighted by molar-refractivity contribution is 0.271. The summed E-state index contributed by atoms with van der Waals surface area (Å²) in [4.78, 5) is 2.10. The van der Waals surface area contributed by atoms with Gasteiger partial charge >= 0.3 is 0 Å². The van der Waals surface area contributed by atoms with Crippen LogP contribution in [0.5, 0.6) is 0 Å². The molecule has 9 heteroatoms. The average Bonchev–Trinajstić information content (AvgIpc) is 2.86.